The van der Waals surface area contributed by atoms with E-state index in [-0.39, 0.29) is 57.9 Å². The predicted molar refractivity (Wildman–Crippen MR) is 234 cm³/mol. The molecule has 3 aliphatic heterocycles. The number of fused-ring (bicyclic) bond motifs is 1. The van der Waals surface area contributed by atoms with Gasteiger partial charge in [0.05, 0.1) is 6.04 Å². The van der Waals surface area contributed by atoms with Crippen molar-refractivity contribution in [2.45, 2.75) is 200 Å². The lowest BCUT2D eigenvalue weighted by Gasteiger charge is -2.40. The third kappa shape index (κ3) is 8.16. The van der Waals surface area contributed by atoms with Gasteiger partial charge in [0.25, 0.3) is 5.91 Å². The lowest BCUT2D eigenvalue weighted by molar-refractivity contribution is -0.145. The molecule has 14 nitrogen and oxygen atoms in total. The van der Waals surface area contributed by atoms with Gasteiger partial charge in [-0.3, -0.25) is 28.9 Å². The van der Waals surface area contributed by atoms with Gasteiger partial charge in [-0.1, -0.05) is 80.1 Å². The van der Waals surface area contributed by atoms with Crippen LogP contribution in [-0.2, 0) is 34.2 Å². The molecule has 7 aliphatic rings. The van der Waals surface area contributed by atoms with Crippen LogP contribution in [0.4, 0.5) is 0 Å². The molecular formula is C46H77N7O7S. The van der Waals surface area contributed by atoms with Gasteiger partial charge in [-0.2, -0.15) is 12.7 Å². The molecule has 7 rings (SSSR count). The molecule has 0 unspecified atom stereocenters. The summed E-state index contributed by atoms with van der Waals surface area (Å²) >= 11 is 0. The number of nitrogens with zero attached hydrogens (tertiary/aromatic N) is 3. The van der Waals surface area contributed by atoms with Gasteiger partial charge in [0.2, 0.25) is 23.6 Å². The van der Waals surface area contributed by atoms with Crippen LogP contribution in [0.25, 0.3) is 0 Å². The normalized spacial score (nSPS) is 32.3. The first kappa shape index (κ1) is 46.2. The number of nitrogens with one attached hydrogen (secondary N) is 4. The number of piperidine rings is 1. The van der Waals surface area contributed by atoms with E-state index in [0.29, 0.717) is 38.9 Å². The van der Waals surface area contributed by atoms with Crippen LogP contribution in [0, 0.1) is 33.5 Å². The molecule has 4 N–H and O–H groups in total. The van der Waals surface area contributed by atoms with Gasteiger partial charge in [0.1, 0.15) is 23.7 Å². The van der Waals surface area contributed by atoms with E-state index in [0.717, 1.165) is 96.4 Å². The number of carbonyl (C=O) groups excluding carboxylic acids is 5. The number of rotatable bonds is 14. The van der Waals surface area contributed by atoms with Gasteiger partial charge >= 0.3 is 10.2 Å². The van der Waals surface area contributed by atoms with Gasteiger partial charge in [-0.25, -0.2) is 4.72 Å². The standard InChI is InChI=1S/C46H77N7O7S/c1-9-18-32-27-46(32,41(58)50-61(59,60)51-24-15-16-25-51)49-38(55)34-28-45(43(7,8)44(45)22-17-23-44)29-53(34)40(57)36(42(4,5)6)48-39(56)35(31-19-11-10-12-20-31)47-37(54)33-21-13-14-26-52(33)30(2)3/h30-36H,9-29H2,1-8H3,(H,47,54)(H,48,56)(H,49,55)(H,50,58)/t32-,33+,34+,35+,36-,45-,46-/m1/s1. The van der Waals surface area contributed by atoms with Gasteiger partial charge < -0.3 is 20.9 Å². The summed E-state index contributed by atoms with van der Waals surface area (Å²) in [6, 6.07) is -2.85. The first-order valence-corrected chi connectivity index (χ1v) is 25.4. The Labute approximate surface area is 365 Å². The molecule has 15 heteroatoms. The van der Waals surface area contributed by atoms with Crippen LogP contribution < -0.4 is 20.7 Å². The van der Waals surface area contributed by atoms with Crippen molar-refractivity contribution in [3.8, 4) is 0 Å². The lowest BCUT2D eigenvalue weighted by atomic mass is 9.73. The topological polar surface area (TPSA) is 177 Å². The Balaban J connectivity index is 1.16. The van der Waals surface area contributed by atoms with Crippen molar-refractivity contribution < 1.29 is 32.4 Å². The fourth-order valence-electron chi connectivity index (χ4n) is 13.1. The fourth-order valence-corrected chi connectivity index (χ4v) is 14.4. The van der Waals surface area contributed by atoms with Crippen LogP contribution in [0.15, 0.2) is 0 Å². The Morgan fingerprint density at radius 2 is 1.41 bits per heavy atom. The smallest absolute Gasteiger partial charge is 0.303 e. The average Bonchev–Trinajstić information content (AvgIpc) is 3.64. The van der Waals surface area contributed by atoms with Crippen molar-refractivity contribution in [2.24, 2.45) is 33.5 Å². The Bertz CT molecular complexity index is 1810. The number of carbonyl (C=O) groups is 5. The molecule has 0 aromatic heterocycles. The highest BCUT2D eigenvalue weighted by molar-refractivity contribution is 7.87. The predicted octanol–water partition coefficient (Wildman–Crippen LogP) is 4.77. The van der Waals surface area contributed by atoms with Crippen LogP contribution in [0.5, 0.6) is 0 Å². The van der Waals surface area contributed by atoms with Crippen molar-refractivity contribution in [1.29, 1.82) is 0 Å². The maximum Gasteiger partial charge on any atom is 0.303 e. The summed E-state index contributed by atoms with van der Waals surface area (Å²) in [7, 11) is -4.08. The van der Waals surface area contributed by atoms with E-state index < -0.39 is 51.1 Å². The Hall–Kier alpha value is -2.78. The summed E-state index contributed by atoms with van der Waals surface area (Å²) in [5.74, 6) is -2.33. The maximum atomic E-state index is 15.4. The van der Waals surface area contributed by atoms with Gasteiger partial charge in [-0.15, -0.1) is 0 Å². The zero-order valence-electron chi connectivity index (χ0n) is 38.5. The molecule has 4 saturated carbocycles. The van der Waals surface area contributed by atoms with E-state index in [2.05, 4.69) is 53.3 Å². The third-order valence-electron chi connectivity index (χ3n) is 17.1. The minimum absolute atomic E-state index is 0.00339. The molecule has 7 atom stereocenters. The monoisotopic (exact) mass is 872 g/mol. The highest BCUT2D eigenvalue weighted by atomic mass is 32.2. The first-order chi connectivity index (χ1) is 28.7. The lowest BCUT2D eigenvalue weighted by Crippen LogP contribution is -2.63. The molecule has 4 aliphatic carbocycles. The van der Waals surface area contributed by atoms with Crippen molar-refractivity contribution >= 4 is 39.7 Å². The average molecular weight is 872 g/mol. The summed E-state index contributed by atoms with van der Waals surface area (Å²) < 4.78 is 30.2. The zero-order valence-corrected chi connectivity index (χ0v) is 39.3. The summed E-state index contributed by atoms with van der Waals surface area (Å²) in [6.45, 7) is 18.3. The largest absolute Gasteiger partial charge is 0.343 e. The van der Waals surface area contributed by atoms with E-state index >= 15 is 4.79 Å². The molecule has 3 saturated heterocycles. The number of likely N-dealkylation sites (tertiary alicyclic amines) is 2. The Kier molecular flexibility index (Phi) is 12.9. The van der Waals surface area contributed by atoms with E-state index in [4.69, 9.17) is 0 Å². The SMILES string of the molecule is CCC[C@@H]1C[C@]1(NC(=O)[C@@H]1C[C@@]2(CN1C(=O)[C@@H](NC(=O)[C@@H](NC(=O)[C@@H]1CCCCN1C(C)C)C1CCCCC1)C(C)(C)C)C(C)(C)C21CCC1)C(=O)NS(=O)(=O)N1CCCC1. The van der Waals surface area contributed by atoms with E-state index in [1.165, 1.54) is 4.31 Å². The van der Waals surface area contributed by atoms with E-state index in [1.807, 2.05) is 27.7 Å². The minimum Gasteiger partial charge on any atom is -0.343 e. The molecule has 0 bridgehead atoms. The van der Waals surface area contributed by atoms with Crippen LogP contribution in [-0.4, -0.2) is 114 Å². The quantitative estimate of drug-likeness (QED) is 0.193. The molecule has 7 fully saturated rings. The number of hydrogen-bond donors (Lipinski definition) is 4. The van der Waals surface area contributed by atoms with Crippen LogP contribution >= 0.6 is 0 Å². The van der Waals surface area contributed by atoms with Crippen molar-refractivity contribution in [1.82, 2.24) is 34.8 Å². The van der Waals surface area contributed by atoms with Gasteiger partial charge in [0.15, 0.2) is 0 Å². The highest BCUT2D eigenvalue weighted by Crippen LogP contribution is 2.88. The first-order valence-electron chi connectivity index (χ1n) is 24.0. The molecule has 5 amide bonds. The minimum atomic E-state index is -4.08. The van der Waals surface area contributed by atoms with Crippen molar-refractivity contribution in [3.63, 3.8) is 0 Å². The molecule has 0 aromatic carbocycles. The van der Waals surface area contributed by atoms with Gasteiger partial charge in [0, 0.05) is 31.1 Å². The summed E-state index contributed by atoms with van der Waals surface area (Å²) in [5.41, 5.74) is -2.61. The van der Waals surface area contributed by atoms with Gasteiger partial charge in [-0.05, 0) is 119 Å². The summed E-state index contributed by atoms with van der Waals surface area (Å²) in [6.07, 6.45) is 14.1. The van der Waals surface area contributed by atoms with E-state index in [1.54, 1.807) is 4.90 Å². The second kappa shape index (κ2) is 17.0. The molecule has 344 valence electrons. The summed E-state index contributed by atoms with van der Waals surface area (Å²) in [4.78, 5) is 77.1. The Morgan fingerprint density at radius 1 is 0.770 bits per heavy atom. The van der Waals surface area contributed by atoms with Crippen LogP contribution in [0.2, 0.25) is 0 Å². The maximum absolute atomic E-state index is 15.4. The van der Waals surface area contributed by atoms with E-state index in [9.17, 15) is 27.6 Å². The molecule has 61 heavy (non-hydrogen) atoms. The summed E-state index contributed by atoms with van der Waals surface area (Å²) in [5, 5.41) is 9.47. The van der Waals surface area contributed by atoms with Crippen molar-refractivity contribution in [3.05, 3.63) is 0 Å². The van der Waals surface area contributed by atoms with Crippen molar-refractivity contribution in [2.75, 3.05) is 26.2 Å². The number of amides is 5. The fraction of sp³-hybridized carbons (Fsp3) is 0.891. The highest BCUT2D eigenvalue weighted by Gasteiger charge is 2.85. The Morgan fingerprint density at radius 3 is 1.98 bits per heavy atom. The second-order valence-electron chi connectivity index (χ2n) is 22.1. The molecular weight excluding hydrogens is 795 g/mol. The molecule has 0 radical (unpaired) electrons. The van der Waals surface area contributed by atoms with Crippen LogP contribution in [0.3, 0.4) is 0 Å². The van der Waals surface area contributed by atoms with Crippen LogP contribution in [0.1, 0.15) is 165 Å². The second-order valence-corrected chi connectivity index (χ2v) is 23.7. The molecule has 0 aromatic rings. The molecule has 3 heterocycles. The zero-order chi connectivity index (χ0) is 44.3. The number of hydrogen-bond acceptors (Lipinski definition) is 8. The molecule has 2 spiro atoms. The third-order valence-corrected chi connectivity index (χ3v) is 18.6.